The highest BCUT2D eigenvalue weighted by Gasteiger charge is 2.21. The Morgan fingerprint density at radius 3 is 2.62 bits per heavy atom. The van der Waals surface area contributed by atoms with Crippen LogP contribution in [-0.4, -0.2) is 33.1 Å². The Labute approximate surface area is 190 Å². The lowest BCUT2D eigenvalue weighted by Crippen LogP contribution is -2.35. The molecule has 0 radical (unpaired) electrons. The van der Waals surface area contributed by atoms with Crippen LogP contribution in [0.25, 0.3) is 0 Å². The van der Waals surface area contributed by atoms with E-state index in [1.165, 1.54) is 23.9 Å². The molecule has 0 bridgehead atoms. The second kappa shape index (κ2) is 9.67. The third-order valence-corrected chi connectivity index (χ3v) is 6.40. The molecule has 0 fully saturated rings. The molecule has 0 saturated heterocycles. The number of amides is 1. The maximum Gasteiger partial charge on any atom is 0.256 e. The number of carbonyl (C=O) groups is 1. The van der Waals surface area contributed by atoms with Gasteiger partial charge in [-0.3, -0.25) is 14.5 Å². The van der Waals surface area contributed by atoms with Crippen LogP contribution in [0, 0.1) is 19.7 Å². The first kappa shape index (κ1) is 22.2. The van der Waals surface area contributed by atoms with E-state index in [1.807, 2.05) is 32.0 Å². The lowest BCUT2D eigenvalue weighted by Gasteiger charge is -2.27. The number of nitrogens with zero attached hydrogens (tertiary/aromatic N) is 2. The fraction of sp³-hybridized carbons (Fsp3) is 0.292. The molecule has 4 rings (SSSR count). The van der Waals surface area contributed by atoms with Crippen molar-refractivity contribution >= 4 is 23.4 Å². The first-order valence-corrected chi connectivity index (χ1v) is 11.5. The number of anilines is 1. The van der Waals surface area contributed by atoms with Gasteiger partial charge in [0.15, 0.2) is 5.16 Å². The number of carbonyl (C=O) groups excluding carboxylic acids is 1. The summed E-state index contributed by atoms with van der Waals surface area (Å²) in [6, 6.07) is 12.3. The van der Waals surface area contributed by atoms with Gasteiger partial charge in [-0.05, 0) is 42.7 Å². The monoisotopic (exact) mass is 452 g/mol. The van der Waals surface area contributed by atoms with Crippen molar-refractivity contribution < 1.29 is 9.18 Å². The van der Waals surface area contributed by atoms with Crippen LogP contribution >= 0.6 is 11.8 Å². The Balaban J connectivity index is 1.38. The predicted octanol–water partition coefficient (Wildman–Crippen LogP) is 3.81. The Morgan fingerprint density at radius 2 is 1.91 bits per heavy atom. The molecule has 2 heterocycles. The van der Waals surface area contributed by atoms with E-state index in [9.17, 15) is 14.0 Å². The maximum absolute atomic E-state index is 13.1. The smallest absolute Gasteiger partial charge is 0.256 e. The quantitative estimate of drug-likeness (QED) is 0.439. The molecule has 1 aliphatic rings. The number of para-hydroxylation sites is 1. The highest BCUT2D eigenvalue weighted by atomic mass is 32.2. The van der Waals surface area contributed by atoms with Gasteiger partial charge in [-0.1, -0.05) is 42.1 Å². The summed E-state index contributed by atoms with van der Waals surface area (Å²) >= 11 is 1.22. The van der Waals surface area contributed by atoms with Crippen molar-refractivity contribution in [3.8, 4) is 0 Å². The van der Waals surface area contributed by atoms with E-state index in [0.717, 1.165) is 34.6 Å². The second-order valence-corrected chi connectivity index (χ2v) is 8.95. The third kappa shape index (κ3) is 5.26. The number of fused-ring (bicyclic) bond motifs is 1. The number of halogens is 1. The third-order valence-electron chi connectivity index (χ3n) is 5.53. The van der Waals surface area contributed by atoms with Gasteiger partial charge in [0.1, 0.15) is 5.82 Å². The van der Waals surface area contributed by atoms with Crippen molar-refractivity contribution in [2.75, 3.05) is 17.6 Å². The van der Waals surface area contributed by atoms with Crippen LogP contribution in [0.2, 0.25) is 0 Å². The average molecular weight is 453 g/mol. The van der Waals surface area contributed by atoms with E-state index in [2.05, 4.69) is 20.2 Å². The SMILES string of the molecule is Cc1cccc(C)c1NC(=O)CSc1nc2c(c(=O)[nH]1)CN(Cc1ccc(F)cc1)CC2. The summed E-state index contributed by atoms with van der Waals surface area (Å²) < 4.78 is 13.1. The standard InChI is InChI=1S/C24H25FN4O2S/c1-15-4-3-5-16(2)22(15)27-21(30)14-32-24-26-20-10-11-29(13-19(20)23(31)28-24)12-17-6-8-18(25)9-7-17/h3-9H,10-14H2,1-2H3,(H,27,30)(H,26,28,31). The molecule has 166 valence electrons. The molecule has 0 atom stereocenters. The molecular formula is C24H25FN4O2S. The van der Waals surface area contributed by atoms with E-state index in [-0.39, 0.29) is 23.0 Å². The molecule has 1 aliphatic heterocycles. The van der Waals surface area contributed by atoms with Gasteiger partial charge >= 0.3 is 0 Å². The summed E-state index contributed by atoms with van der Waals surface area (Å²) in [4.78, 5) is 34.6. The minimum Gasteiger partial charge on any atom is -0.325 e. The minimum absolute atomic E-state index is 0.141. The second-order valence-electron chi connectivity index (χ2n) is 7.99. The van der Waals surface area contributed by atoms with E-state index >= 15 is 0 Å². The Bertz CT molecular complexity index is 1170. The van der Waals surface area contributed by atoms with Gasteiger partial charge in [0.25, 0.3) is 5.56 Å². The zero-order valence-electron chi connectivity index (χ0n) is 18.1. The van der Waals surface area contributed by atoms with Crippen LogP contribution in [0.4, 0.5) is 10.1 Å². The van der Waals surface area contributed by atoms with Crippen LogP contribution in [0.5, 0.6) is 0 Å². The Morgan fingerprint density at radius 1 is 1.19 bits per heavy atom. The summed E-state index contributed by atoms with van der Waals surface area (Å²) in [7, 11) is 0. The van der Waals surface area contributed by atoms with E-state index in [1.54, 1.807) is 12.1 Å². The summed E-state index contributed by atoms with van der Waals surface area (Å²) in [5.41, 5.74) is 5.11. The number of hydrogen-bond donors (Lipinski definition) is 2. The Hall–Kier alpha value is -2.97. The molecule has 0 saturated carbocycles. The molecule has 8 heteroatoms. The fourth-order valence-electron chi connectivity index (χ4n) is 3.83. The van der Waals surface area contributed by atoms with Crippen molar-refractivity contribution in [2.24, 2.45) is 0 Å². The van der Waals surface area contributed by atoms with Gasteiger partial charge in [-0.15, -0.1) is 0 Å². The van der Waals surface area contributed by atoms with Gasteiger partial charge < -0.3 is 10.3 Å². The number of benzene rings is 2. The molecule has 1 amide bonds. The number of rotatable bonds is 6. The van der Waals surface area contributed by atoms with Crippen molar-refractivity contribution in [1.82, 2.24) is 14.9 Å². The van der Waals surface area contributed by atoms with Crippen molar-refractivity contribution in [2.45, 2.75) is 38.5 Å². The molecule has 0 unspecified atom stereocenters. The molecule has 3 aromatic rings. The topological polar surface area (TPSA) is 78.1 Å². The number of aryl methyl sites for hydroxylation is 2. The summed E-state index contributed by atoms with van der Waals surface area (Å²) in [5.74, 6) is -0.240. The van der Waals surface area contributed by atoms with Crippen LogP contribution in [0.3, 0.4) is 0 Å². The van der Waals surface area contributed by atoms with Gasteiger partial charge in [-0.2, -0.15) is 0 Å². The molecule has 2 aromatic carbocycles. The summed E-state index contributed by atoms with van der Waals surface area (Å²) in [6.07, 6.45) is 0.655. The number of nitrogens with one attached hydrogen (secondary N) is 2. The average Bonchev–Trinajstić information content (AvgIpc) is 2.77. The minimum atomic E-state index is -0.258. The number of H-pyrrole nitrogens is 1. The summed E-state index contributed by atoms with van der Waals surface area (Å²) in [6.45, 7) is 5.81. The van der Waals surface area contributed by atoms with Crippen LogP contribution in [0.15, 0.2) is 52.4 Å². The van der Waals surface area contributed by atoms with Crippen LogP contribution in [-0.2, 0) is 24.3 Å². The molecule has 32 heavy (non-hydrogen) atoms. The van der Waals surface area contributed by atoms with E-state index < -0.39 is 0 Å². The lowest BCUT2D eigenvalue weighted by atomic mass is 10.1. The number of aromatic amines is 1. The molecule has 0 aliphatic carbocycles. The van der Waals surface area contributed by atoms with Crippen LogP contribution in [0.1, 0.15) is 27.9 Å². The van der Waals surface area contributed by atoms with Gasteiger partial charge in [-0.25, -0.2) is 9.37 Å². The number of thioether (sulfide) groups is 1. The summed E-state index contributed by atoms with van der Waals surface area (Å²) in [5, 5.41) is 3.40. The maximum atomic E-state index is 13.1. The zero-order valence-corrected chi connectivity index (χ0v) is 18.9. The van der Waals surface area contributed by atoms with E-state index in [4.69, 9.17) is 0 Å². The number of aromatic nitrogens is 2. The van der Waals surface area contributed by atoms with Gasteiger partial charge in [0.2, 0.25) is 5.91 Å². The molecule has 0 spiro atoms. The molecule has 2 N–H and O–H groups in total. The highest BCUT2D eigenvalue weighted by Crippen LogP contribution is 2.22. The molecule has 6 nitrogen and oxygen atoms in total. The van der Waals surface area contributed by atoms with E-state index in [0.29, 0.717) is 30.2 Å². The Kier molecular flexibility index (Phi) is 6.72. The van der Waals surface area contributed by atoms with Crippen molar-refractivity contribution in [3.63, 3.8) is 0 Å². The zero-order chi connectivity index (χ0) is 22.7. The molecule has 1 aromatic heterocycles. The number of hydrogen-bond acceptors (Lipinski definition) is 5. The first-order valence-electron chi connectivity index (χ1n) is 10.5. The lowest BCUT2D eigenvalue weighted by molar-refractivity contribution is -0.113. The van der Waals surface area contributed by atoms with Crippen molar-refractivity contribution in [3.05, 3.63) is 86.6 Å². The fourth-order valence-corrected chi connectivity index (χ4v) is 4.51. The first-order chi connectivity index (χ1) is 15.4. The van der Waals surface area contributed by atoms with Gasteiger partial charge in [0, 0.05) is 31.7 Å². The largest absolute Gasteiger partial charge is 0.325 e. The van der Waals surface area contributed by atoms with Crippen molar-refractivity contribution in [1.29, 1.82) is 0 Å². The normalized spacial score (nSPS) is 13.6. The predicted molar refractivity (Wildman–Crippen MR) is 124 cm³/mol. The van der Waals surface area contributed by atoms with Crippen LogP contribution < -0.4 is 10.9 Å². The van der Waals surface area contributed by atoms with Gasteiger partial charge in [0.05, 0.1) is 17.0 Å². The highest BCUT2D eigenvalue weighted by molar-refractivity contribution is 7.99. The molecular weight excluding hydrogens is 427 g/mol.